The van der Waals surface area contributed by atoms with Gasteiger partial charge in [-0.2, -0.15) is 0 Å². The van der Waals surface area contributed by atoms with Crippen LogP contribution in [0.3, 0.4) is 0 Å². The van der Waals surface area contributed by atoms with E-state index in [-0.39, 0.29) is 0 Å². The van der Waals surface area contributed by atoms with Gasteiger partial charge in [-0.3, -0.25) is 0 Å². The third-order valence-corrected chi connectivity index (χ3v) is 3.47. The smallest absolute Gasteiger partial charge is 0.00387 e. The molecule has 2 aliphatic heterocycles. The first-order chi connectivity index (χ1) is 5.77. The zero-order valence-electron chi connectivity index (χ0n) is 8.21. The van der Waals surface area contributed by atoms with Crippen molar-refractivity contribution < 1.29 is 0 Å². The zero-order chi connectivity index (χ0) is 8.55. The number of fused-ring (bicyclic) bond motifs is 1. The Bertz CT molecular complexity index is 156. The summed E-state index contributed by atoms with van der Waals surface area (Å²) in [4.78, 5) is 2.62. The Morgan fingerprint density at radius 3 is 2.75 bits per heavy atom. The van der Waals surface area contributed by atoms with Gasteiger partial charge in [0, 0.05) is 12.6 Å². The van der Waals surface area contributed by atoms with Gasteiger partial charge in [0.1, 0.15) is 0 Å². The first-order valence-electron chi connectivity index (χ1n) is 5.22. The van der Waals surface area contributed by atoms with Gasteiger partial charge >= 0.3 is 0 Å². The molecule has 0 saturated carbocycles. The quantitative estimate of drug-likeness (QED) is 0.627. The third-order valence-electron chi connectivity index (χ3n) is 3.47. The summed E-state index contributed by atoms with van der Waals surface area (Å²) in [6, 6.07) is 0.742. The van der Waals surface area contributed by atoms with Gasteiger partial charge in [0.2, 0.25) is 0 Å². The number of hydrogen-bond donors (Lipinski definition) is 1. The topological polar surface area (TPSA) is 15.3 Å². The summed E-state index contributed by atoms with van der Waals surface area (Å²) in [6.07, 6.45) is 1.41. The van der Waals surface area contributed by atoms with E-state index in [0.717, 1.165) is 17.9 Å². The Hall–Kier alpha value is -0.0800. The lowest BCUT2D eigenvalue weighted by Crippen LogP contribution is -2.43. The lowest BCUT2D eigenvalue weighted by Gasteiger charge is -2.36. The SMILES string of the molecule is CC(C)N1CC[C@@H]2CNC[C@H]2C1. The Morgan fingerprint density at radius 1 is 1.25 bits per heavy atom. The predicted molar refractivity (Wildman–Crippen MR) is 51.2 cm³/mol. The van der Waals surface area contributed by atoms with Crippen molar-refractivity contribution in [3.05, 3.63) is 0 Å². The van der Waals surface area contributed by atoms with E-state index in [1.807, 2.05) is 0 Å². The van der Waals surface area contributed by atoms with Crippen LogP contribution in [-0.4, -0.2) is 37.1 Å². The van der Waals surface area contributed by atoms with Crippen LogP contribution in [0.25, 0.3) is 0 Å². The van der Waals surface area contributed by atoms with E-state index in [2.05, 4.69) is 24.1 Å². The summed E-state index contributed by atoms with van der Waals surface area (Å²) < 4.78 is 0. The van der Waals surface area contributed by atoms with Crippen LogP contribution in [0.2, 0.25) is 0 Å². The molecule has 2 rings (SSSR count). The van der Waals surface area contributed by atoms with Crippen molar-refractivity contribution in [1.82, 2.24) is 10.2 Å². The highest BCUT2D eigenvalue weighted by Gasteiger charge is 2.33. The van der Waals surface area contributed by atoms with Crippen LogP contribution < -0.4 is 5.32 Å². The predicted octanol–water partition coefficient (Wildman–Crippen LogP) is 0.936. The van der Waals surface area contributed by atoms with Gasteiger partial charge in [-0.1, -0.05) is 0 Å². The molecule has 0 amide bonds. The highest BCUT2D eigenvalue weighted by atomic mass is 15.2. The van der Waals surface area contributed by atoms with Gasteiger partial charge in [-0.15, -0.1) is 0 Å². The van der Waals surface area contributed by atoms with Crippen LogP contribution in [0.5, 0.6) is 0 Å². The van der Waals surface area contributed by atoms with Crippen LogP contribution in [-0.2, 0) is 0 Å². The maximum absolute atomic E-state index is 3.50. The largest absolute Gasteiger partial charge is 0.316 e. The molecule has 1 N–H and O–H groups in total. The molecule has 2 heterocycles. The molecule has 0 aliphatic carbocycles. The Balaban J connectivity index is 1.92. The molecule has 0 bridgehead atoms. The average molecular weight is 168 g/mol. The number of piperidine rings is 1. The normalized spacial score (nSPS) is 37.2. The van der Waals surface area contributed by atoms with E-state index in [0.29, 0.717) is 0 Å². The fraction of sp³-hybridized carbons (Fsp3) is 1.00. The second-order valence-electron chi connectivity index (χ2n) is 4.56. The monoisotopic (exact) mass is 168 g/mol. The second-order valence-corrected chi connectivity index (χ2v) is 4.56. The zero-order valence-corrected chi connectivity index (χ0v) is 8.21. The molecule has 0 aromatic rings. The maximum Gasteiger partial charge on any atom is 0.00387 e. The van der Waals surface area contributed by atoms with Crippen LogP contribution >= 0.6 is 0 Å². The van der Waals surface area contributed by atoms with Gasteiger partial charge in [0.05, 0.1) is 0 Å². The molecule has 0 aromatic heterocycles. The molecule has 70 valence electrons. The molecule has 2 atom stereocenters. The minimum Gasteiger partial charge on any atom is -0.316 e. The molecular weight excluding hydrogens is 148 g/mol. The van der Waals surface area contributed by atoms with Crippen LogP contribution in [0.4, 0.5) is 0 Å². The molecule has 12 heavy (non-hydrogen) atoms. The molecule has 2 fully saturated rings. The lowest BCUT2D eigenvalue weighted by atomic mass is 9.88. The molecule has 2 nitrogen and oxygen atoms in total. The minimum absolute atomic E-state index is 0.742. The molecule has 0 unspecified atom stereocenters. The van der Waals surface area contributed by atoms with Gasteiger partial charge in [0.15, 0.2) is 0 Å². The molecule has 0 spiro atoms. The van der Waals surface area contributed by atoms with E-state index in [1.54, 1.807) is 0 Å². The summed E-state index contributed by atoms with van der Waals surface area (Å²) in [5.74, 6) is 1.93. The van der Waals surface area contributed by atoms with Gasteiger partial charge in [0.25, 0.3) is 0 Å². The van der Waals surface area contributed by atoms with E-state index in [1.165, 1.54) is 32.6 Å². The van der Waals surface area contributed by atoms with Gasteiger partial charge < -0.3 is 10.2 Å². The molecule has 2 heteroatoms. The molecule has 2 aliphatic rings. The third kappa shape index (κ3) is 1.50. The number of nitrogens with one attached hydrogen (secondary N) is 1. The molecule has 0 aromatic carbocycles. The van der Waals surface area contributed by atoms with Crippen molar-refractivity contribution >= 4 is 0 Å². The van der Waals surface area contributed by atoms with Crippen molar-refractivity contribution in [3.63, 3.8) is 0 Å². The number of likely N-dealkylation sites (tertiary alicyclic amines) is 1. The van der Waals surface area contributed by atoms with Gasteiger partial charge in [-0.25, -0.2) is 0 Å². The van der Waals surface area contributed by atoms with Crippen LogP contribution in [0, 0.1) is 11.8 Å². The van der Waals surface area contributed by atoms with Crippen molar-refractivity contribution in [1.29, 1.82) is 0 Å². The minimum atomic E-state index is 0.742. The van der Waals surface area contributed by atoms with Crippen LogP contribution in [0.1, 0.15) is 20.3 Å². The summed E-state index contributed by atoms with van der Waals surface area (Å²) in [5.41, 5.74) is 0. The average Bonchev–Trinajstić information content (AvgIpc) is 2.49. The standard InChI is InChI=1S/C10H20N2/c1-8(2)12-4-3-9-5-11-6-10(9)7-12/h8-11H,3-7H2,1-2H3/t9-,10+/m1/s1. The number of rotatable bonds is 1. The summed E-state index contributed by atoms with van der Waals surface area (Å²) in [7, 11) is 0. The summed E-state index contributed by atoms with van der Waals surface area (Å²) in [5, 5.41) is 3.50. The Kier molecular flexibility index (Phi) is 2.37. The Morgan fingerprint density at radius 2 is 2.00 bits per heavy atom. The van der Waals surface area contributed by atoms with Crippen molar-refractivity contribution in [2.75, 3.05) is 26.2 Å². The fourth-order valence-corrected chi connectivity index (χ4v) is 2.53. The van der Waals surface area contributed by atoms with E-state index in [9.17, 15) is 0 Å². The lowest BCUT2D eigenvalue weighted by molar-refractivity contribution is 0.118. The molecule has 0 radical (unpaired) electrons. The van der Waals surface area contributed by atoms with E-state index in [4.69, 9.17) is 0 Å². The highest BCUT2D eigenvalue weighted by molar-refractivity contribution is 4.88. The highest BCUT2D eigenvalue weighted by Crippen LogP contribution is 2.27. The Labute approximate surface area is 75.3 Å². The second kappa shape index (κ2) is 3.35. The summed E-state index contributed by atoms with van der Waals surface area (Å²) >= 11 is 0. The number of nitrogens with zero attached hydrogens (tertiary/aromatic N) is 1. The first-order valence-corrected chi connectivity index (χ1v) is 5.22. The van der Waals surface area contributed by atoms with Crippen molar-refractivity contribution in [3.8, 4) is 0 Å². The van der Waals surface area contributed by atoms with Gasteiger partial charge in [-0.05, 0) is 51.7 Å². The summed E-state index contributed by atoms with van der Waals surface area (Å²) in [6.45, 7) is 9.80. The number of hydrogen-bond acceptors (Lipinski definition) is 2. The molecule has 2 saturated heterocycles. The van der Waals surface area contributed by atoms with Crippen LogP contribution in [0.15, 0.2) is 0 Å². The molecular formula is C10H20N2. The fourth-order valence-electron chi connectivity index (χ4n) is 2.53. The van der Waals surface area contributed by atoms with E-state index < -0.39 is 0 Å². The first kappa shape index (κ1) is 8.52. The van der Waals surface area contributed by atoms with Crippen molar-refractivity contribution in [2.24, 2.45) is 11.8 Å². The maximum atomic E-state index is 3.50. The van der Waals surface area contributed by atoms with E-state index >= 15 is 0 Å². The van der Waals surface area contributed by atoms with Crippen molar-refractivity contribution in [2.45, 2.75) is 26.3 Å².